The molecule has 0 aliphatic heterocycles. The second kappa shape index (κ2) is 7.55. The molecule has 1 N–H and O–H groups in total. The number of benzene rings is 2. The van der Waals surface area contributed by atoms with Gasteiger partial charge in [-0.3, -0.25) is 0 Å². The molecule has 1 atom stereocenters. The van der Waals surface area contributed by atoms with Crippen molar-refractivity contribution in [1.82, 2.24) is 4.72 Å². The van der Waals surface area contributed by atoms with Crippen molar-refractivity contribution in [2.24, 2.45) is 0 Å². The van der Waals surface area contributed by atoms with Crippen LogP contribution < -0.4 is 4.72 Å². The Labute approximate surface area is 140 Å². The minimum Gasteiger partial charge on any atom is -0.454 e. The van der Waals surface area contributed by atoms with Gasteiger partial charge in [0.05, 0.1) is 10.5 Å². The number of halogens is 1. The quantitative estimate of drug-likeness (QED) is 0.812. The molecule has 24 heavy (non-hydrogen) atoms. The Morgan fingerprint density at radius 3 is 2.46 bits per heavy atom. The monoisotopic (exact) mass is 351 g/mol. The van der Waals surface area contributed by atoms with Gasteiger partial charge in [-0.05, 0) is 49.4 Å². The van der Waals surface area contributed by atoms with Crippen molar-refractivity contribution in [2.45, 2.75) is 24.3 Å². The lowest BCUT2D eigenvalue weighted by Crippen LogP contribution is -2.19. The summed E-state index contributed by atoms with van der Waals surface area (Å²) in [6, 6.07) is 11.3. The number of carbonyl (C=O) groups is 1. The molecule has 5 nitrogen and oxygen atoms in total. The Kier molecular flexibility index (Phi) is 5.69. The van der Waals surface area contributed by atoms with Gasteiger partial charge in [-0.25, -0.2) is 22.3 Å². The van der Waals surface area contributed by atoms with Gasteiger partial charge in [0.1, 0.15) is 11.9 Å². The Balaban J connectivity index is 2.22. The van der Waals surface area contributed by atoms with Gasteiger partial charge in [0, 0.05) is 0 Å². The number of hydrogen-bond donors (Lipinski definition) is 1. The highest BCUT2D eigenvalue weighted by Gasteiger charge is 2.19. The summed E-state index contributed by atoms with van der Waals surface area (Å²) in [5.41, 5.74) is 0.804. The molecule has 0 aliphatic carbocycles. The first-order valence-electron chi connectivity index (χ1n) is 7.37. The maximum absolute atomic E-state index is 13.0. The van der Waals surface area contributed by atoms with Crippen LogP contribution in [0.1, 0.15) is 35.4 Å². The lowest BCUT2D eigenvalue weighted by Gasteiger charge is -2.17. The average molecular weight is 351 g/mol. The van der Waals surface area contributed by atoms with Gasteiger partial charge in [-0.1, -0.05) is 25.1 Å². The fourth-order valence-corrected chi connectivity index (χ4v) is 2.95. The van der Waals surface area contributed by atoms with Crippen LogP contribution in [0, 0.1) is 5.82 Å². The van der Waals surface area contributed by atoms with E-state index in [0.717, 1.165) is 0 Å². The molecule has 0 saturated carbocycles. The molecule has 0 aromatic heterocycles. The topological polar surface area (TPSA) is 72.5 Å². The molecule has 0 amide bonds. The summed E-state index contributed by atoms with van der Waals surface area (Å²) in [4.78, 5) is 12.3. The fraction of sp³-hybridized carbons (Fsp3) is 0.235. The summed E-state index contributed by atoms with van der Waals surface area (Å²) < 4.78 is 44.2. The van der Waals surface area contributed by atoms with E-state index in [0.29, 0.717) is 12.0 Å². The van der Waals surface area contributed by atoms with E-state index in [1.54, 1.807) is 12.1 Å². The molecule has 0 saturated heterocycles. The number of rotatable bonds is 6. The largest absolute Gasteiger partial charge is 0.454 e. The van der Waals surface area contributed by atoms with Gasteiger partial charge < -0.3 is 4.74 Å². The summed E-state index contributed by atoms with van der Waals surface area (Å²) in [6.45, 7) is 1.84. The molecule has 128 valence electrons. The van der Waals surface area contributed by atoms with Gasteiger partial charge in [-0.2, -0.15) is 0 Å². The Morgan fingerprint density at radius 1 is 1.21 bits per heavy atom. The lowest BCUT2D eigenvalue weighted by atomic mass is 10.1. The summed E-state index contributed by atoms with van der Waals surface area (Å²) >= 11 is 0. The first kappa shape index (κ1) is 18.1. The van der Waals surface area contributed by atoms with Gasteiger partial charge >= 0.3 is 5.97 Å². The van der Waals surface area contributed by atoms with Crippen LogP contribution in [-0.2, 0) is 14.8 Å². The third-order valence-electron chi connectivity index (χ3n) is 3.51. The van der Waals surface area contributed by atoms with Crippen molar-refractivity contribution in [3.8, 4) is 0 Å². The Bertz CT molecular complexity index is 819. The van der Waals surface area contributed by atoms with Crippen molar-refractivity contribution in [3.63, 3.8) is 0 Å². The molecule has 0 fully saturated rings. The van der Waals surface area contributed by atoms with E-state index in [4.69, 9.17) is 4.74 Å². The van der Waals surface area contributed by atoms with Gasteiger partial charge in [0.25, 0.3) is 0 Å². The predicted molar refractivity (Wildman–Crippen MR) is 87.5 cm³/mol. The van der Waals surface area contributed by atoms with E-state index in [2.05, 4.69) is 4.72 Å². The molecule has 2 rings (SSSR count). The van der Waals surface area contributed by atoms with Crippen molar-refractivity contribution in [3.05, 3.63) is 65.5 Å². The van der Waals surface area contributed by atoms with Crippen LogP contribution in [0.5, 0.6) is 0 Å². The SMILES string of the molecule is CC[C@H](OC(=O)c1cccc(S(=O)(=O)NC)c1)c1ccc(F)cc1. The number of ether oxygens (including phenoxy) is 1. The molecule has 0 bridgehead atoms. The highest BCUT2D eigenvalue weighted by atomic mass is 32.2. The lowest BCUT2D eigenvalue weighted by molar-refractivity contribution is 0.0287. The summed E-state index contributed by atoms with van der Waals surface area (Å²) in [7, 11) is -2.35. The summed E-state index contributed by atoms with van der Waals surface area (Å²) in [6.07, 6.45) is -0.0334. The minimum absolute atomic E-state index is 0.0192. The second-order valence-corrected chi connectivity index (χ2v) is 6.98. The second-order valence-electron chi connectivity index (χ2n) is 5.09. The standard InChI is InChI=1S/C17H18FNO4S/c1-3-16(12-7-9-14(18)10-8-12)23-17(20)13-5-4-6-15(11-13)24(21,22)19-2/h4-11,16,19H,3H2,1-2H3/t16-/m0/s1. The Morgan fingerprint density at radius 2 is 1.88 bits per heavy atom. The van der Waals surface area contributed by atoms with Crippen LogP contribution in [0.4, 0.5) is 4.39 Å². The van der Waals surface area contributed by atoms with E-state index in [1.165, 1.54) is 43.4 Å². The highest BCUT2D eigenvalue weighted by Crippen LogP contribution is 2.23. The normalized spacial score (nSPS) is 12.6. The molecular weight excluding hydrogens is 333 g/mol. The van der Waals surface area contributed by atoms with Gasteiger partial charge in [0.2, 0.25) is 10.0 Å². The molecular formula is C17H18FNO4S. The zero-order chi connectivity index (χ0) is 17.7. The number of hydrogen-bond acceptors (Lipinski definition) is 4. The van der Waals surface area contributed by atoms with E-state index >= 15 is 0 Å². The van der Waals surface area contributed by atoms with E-state index < -0.39 is 22.1 Å². The molecule has 2 aromatic carbocycles. The van der Waals surface area contributed by atoms with Crippen molar-refractivity contribution < 1.29 is 22.3 Å². The minimum atomic E-state index is -3.64. The highest BCUT2D eigenvalue weighted by molar-refractivity contribution is 7.89. The molecule has 0 unspecified atom stereocenters. The van der Waals surface area contributed by atoms with Crippen LogP contribution in [0.25, 0.3) is 0 Å². The zero-order valence-corrected chi connectivity index (χ0v) is 14.1. The summed E-state index contributed by atoms with van der Waals surface area (Å²) in [5, 5.41) is 0. The van der Waals surface area contributed by atoms with Gasteiger partial charge in [0.15, 0.2) is 0 Å². The van der Waals surface area contributed by atoms with Crippen molar-refractivity contribution >= 4 is 16.0 Å². The first-order chi connectivity index (χ1) is 11.4. The van der Waals surface area contributed by atoms with Crippen molar-refractivity contribution in [2.75, 3.05) is 7.05 Å². The van der Waals surface area contributed by atoms with Crippen LogP contribution in [0.2, 0.25) is 0 Å². The number of esters is 1. The van der Waals surface area contributed by atoms with Crippen LogP contribution in [0.15, 0.2) is 53.4 Å². The number of nitrogens with one attached hydrogen (secondary N) is 1. The molecule has 2 aromatic rings. The number of carbonyl (C=O) groups excluding carboxylic acids is 1. The average Bonchev–Trinajstić information content (AvgIpc) is 2.60. The fourth-order valence-electron chi connectivity index (χ4n) is 2.17. The maximum atomic E-state index is 13.0. The predicted octanol–water partition coefficient (Wildman–Crippen LogP) is 3.04. The van der Waals surface area contributed by atoms with Crippen LogP contribution >= 0.6 is 0 Å². The van der Waals surface area contributed by atoms with Crippen LogP contribution in [0.3, 0.4) is 0 Å². The zero-order valence-electron chi connectivity index (χ0n) is 13.3. The van der Waals surface area contributed by atoms with E-state index in [9.17, 15) is 17.6 Å². The van der Waals surface area contributed by atoms with Gasteiger partial charge in [-0.15, -0.1) is 0 Å². The smallest absolute Gasteiger partial charge is 0.338 e. The molecule has 0 spiro atoms. The third kappa shape index (κ3) is 4.18. The first-order valence-corrected chi connectivity index (χ1v) is 8.85. The molecule has 0 heterocycles. The summed E-state index contributed by atoms with van der Waals surface area (Å²) in [5.74, 6) is -1.01. The van der Waals surface area contributed by atoms with Crippen LogP contribution in [-0.4, -0.2) is 21.4 Å². The molecule has 0 radical (unpaired) electrons. The van der Waals surface area contributed by atoms with Crippen molar-refractivity contribution in [1.29, 1.82) is 0 Å². The van der Waals surface area contributed by atoms with E-state index in [-0.39, 0.29) is 16.3 Å². The number of sulfonamides is 1. The molecule has 0 aliphatic rings. The third-order valence-corrected chi connectivity index (χ3v) is 4.92. The molecule has 7 heteroatoms. The maximum Gasteiger partial charge on any atom is 0.338 e. The Hall–Kier alpha value is -2.25. The van der Waals surface area contributed by atoms with E-state index in [1.807, 2.05) is 6.92 Å².